The number of nitrogens with zero attached hydrogens (tertiary/aromatic N) is 2. The Labute approximate surface area is 110 Å². The maximum atomic E-state index is 6.14. The van der Waals surface area contributed by atoms with Crippen LogP contribution < -0.4 is 5.32 Å². The fourth-order valence-corrected chi connectivity index (χ4v) is 2.21. The quantitative estimate of drug-likeness (QED) is 0.758. The molecule has 0 atom stereocenters. The Balaban J connectivity index is 2.16. The second-order valence-electron chi connectivity index (χ2n) is 4.03. The van der Waals surface area contributed by atoms with Gasteiger partial charge in [0.2, 0.25) is 0 Å². The maximum absolute atomic E-state index is 6.14. The van der Waals surface area contributed by atoms with Crippen molar-refractivity contribution in [3.05, 3.63) is 53.7 Å². The van der Waals surface area contributed by atoms with Crippen LogP contribution in [0.2, 0.25) is 5.02 Å². The summed E-state index contributed by atoms with van der Waals surface area (Å²) in [5.41, 5.74) is 3.11. The SMILES string of the molecule is CNc1ccc(-n2ncc3c(Cl)cccc32)cc1. The van der Waals surface area contributed by atoms with E-state index in [1.165, 1.54) is 0 Å². The number of benzene rings is 2. The van der Waals surface area contributed by atoms with Crippen LogP contribution in [-0.4, -0.2) is 16.8 Å². The molecule has 0 aliphatic carbocycles. The summed E-state index contributed by atoms with van der Waals surface area (Å²) in [4.78, 5) is 0. The molecule has 1 N–H and O–H groups in total. The molecule has 4 heteroatoms. The Hall–Kier alpha value is -2.00. The van der Waals surface area contributed by atoms with E-state index in [4.69, 9.17) is 11.6 Å². The predicted octanol–water partition coefficient (Wildman–Crippen LogP) is 3.72. The van der Waals surface area contributed by atoms with Crippen LogP contribution in [0.5, 0.6) is 0 Å². The highest BCUT2D eigenvalue weighted by atomic mass is 35.5. The number of hydrogen-bond donors (Lipinski definition) is 1. The molecule has 2 aromatic carbocycles. The molecule has 0 saturated carbocycles. The summed E-state index contributed by atoms with van der Waals surface area (Å²) >= 11 is 6.14. The molecule has 0 unspecified atom stereocenters. The van der Waals surface area contributed by atoms with Crippen LogP contribution in [0.25, 0.3) is 16.6 Å². The smallest absolute Gasteiger partial charge is 0.0756 e. The van der Waals surface area contributed by atoms with Crippen molar-refractivity contribution < 1.29 is 0 Å². The average Bonchev–Trinajstić information content (AvgIpc) is 2.84. The van der Waals surface area contributed by atoms with Gasteiger partial charge in [-0.05, 0) is 36.4 Å². The van der Waals surface area contributed by atoms with Gasteiger partial charge in [0.15, 0.2) is 0 Å². The van der Waals surface area contributed by atoms with Crippen molar-refractivity contribution in [3.63, 3.8) is 0 Å². The molecular formula is C14H12ClN3. The molecule has 1 aromatic heterocycles. The minimum atomic E-state index is 0.727. The van der Waals surface area contributed by atoms with E-state index in [0.29, 0.717) is 0 Å². The number of fused-ring (bicyclic) bond motifs is 1. The van der Waals surface area contributed by atoms with Gasteiger partial charge >= 0.3 is 0 Å². The number of aromatic nitrogens is 2. The first kappa shape index (κ1) is 11.1. The van der Waals surface area contributed by atoms with E-state index in [0.717, 1.165) is 27.3 Å². The van der Waals surface area contributed by atoms with Gasteiger partial charge < -0.3 is 5.32 Å². The van der Waals surface area contributed by atoms with E-state index in [1.807, 2.05) is 54.2 Å². The fraction of sp³-hybridized carbons (Fsp3) is 0.0714. The molecular weight excluding hydrogens is 246 g/mol. The normalized spacial score (nSPS) is 10.8. The first-order chi connectivity index (χ1) is 8.79. The molecule has 0 fully saturated rings. The topological polar surface area (TPSA) is 29.9 Å². The molecule has 0 aliphatic heterocycles. The molecule has 0 saturated heterocycles. The molecule has 3 aromatic rings. The van der Waals surface area contributed by atoms with Gasteiger partial charge in [-0.15, -0.1) is 0 Å². The zero-order valence-electron chi connectivity index (χ0n) is 9.89. The van der Waals surface area contributed by atoms with E-state index in [2.05, 4.69) is 10.4 Å². The number of halogens is 1. The molecule has 0 amide bonds. The van der Waals surface area contributed by atoms with Crippen LogP contribution in [0.4, 0.5) is 5.69 Å². The van der Waals surface area contributed by atoms with Gasteiger partial charge in [0, 0.05) is 18.1 Å². The summed E-state index contributed by atoms with van der Waals surface area (Å²) in [7, 11) is 1.90. The second-order valence-corrected chi connectivity index (χ2v) is 4.43. The van der Waals surface area contributed by atoms with Crippen LogP contribution in [0.1, 0.15) is 0 Å². The first-order valence-electron chi connectivity index (χ1n) is 5.70. The van der Waals surface area contributed by atoms with Crippen molar-refractivity contribution in [1.82, 2.24) is 9.78 Å². The van der Waals surface area contributed by atoms with Gasteiger partial charge in [-0.25, -0.2) is 4.68 Å². The number of nitrogens with one attached hydrogen (secondary N) is 1. The molecule has 0 aliphatic rings. The summed E-state index contributed by atoms with van der Waals surface area (Å²) in [6.45, 7) is 0. The number of rotatable bonds is 2. The van der Waals surface area contributed by atoms with Gasteiger partial charge in [-0.2, -0.15) is 5.10 Å². The number of anilines is 1. The zero-order valence-corrected chi connectivity index (χ0v) is 10.6. The third-order valence-electron chi connectivity index (χ3n) is 2.96. The predicted molar refractivity (Wildman–Crippen MR) is 75.6 cm³/mol. The van der Waals surface area contributed by atoms with Gasteiger partial charge in [-0.1, -0.05) is 17.7 Å². The van der Waals surface area contributed by atoms with Gasteiger partial charge in [0.1, 0.15) is 0 Å². The van der Waals surface area contributed by atoms with Crippen molar-refractivity contribution in [2.24, 2.45) is 0 Å². The molecule has 0 spiro atoms. The minimum Gasteiger partial charge on any atom is -0.388 e. The van der Waals surface area contributed by atoms with Crippen LogP contribution >= 0.6 is 11.6 Å². The van der Waals surface area contributed by atoms with E-state index >= 15 is 0 Å². The average molecular weight is 258 g/mol. The molecule has 3 nitrogen and oxygen atoms in total. The van der Waals surface area contributed by atoms with Crippen LogP contribution in [0.3, 0.4) is 0 Å². The van der Waals surface area contributed by atoms with Crippen molar-refractivity contribution in [2.45, 2.75) is 0 Å². The fourth-order valence-electron chi connectivity index (χ4n) is 1.99. The monoisotopic (exact) mass is 257 g/mol. The third-order valence-corrected chi connectivity index (χ3v) is 3.29. The lowest BCUT2D eigenvalue weighted by Crippen LogP contribution is -1.96. The van der Waals surface area contributed by atoms with E-state index in [1.54, 1.807) is 6.20 Å². The molecule has 0 bridgehead atoms. The Morgan fingerprint density at radius 1 is 1.11 bits per heavy atom. The van der Waals surface area contributed by atoms with E-state index in [-0.39, 0.29) is 0 Å². The Morgan fingerprint density at radius 2 is 1.89 bits per heavy atom. The van der Waals surface area contributed by atoms with Crippen molar-refractivity contribution in [1.29, 1.82) is 0 Å². The molecule has 90 valence electrons. The lowest BCUT2D eigenvalue weighted by Gasteiger charge is -2.05. The van der Waals surface area contributed by atoms with Crippen molar-refractivity contribution in [3.8, 4) is 5.69 Å². The van der Waals surface area contributed by atoms with Gasteiger partial charge in [0.05, 0.1) is 22.4 Å². The van der Waals surface area contributed by atoms with Crippen molar-refractivity contribution in [2.75, 3.05) is 12.4 Å². The van der Waals surface area contributed by atoms with Gasteiger partial charge in [-0.3, -0.25) is 0 Å². The van der Waals surface area contributed by atoms with E-state index in [9.17, 15) is 0 Å². The largest absolute Gasteiger partial charge is 0.388 e. The summed E-state index contributed by atoms with van der Waals surface area (Å²) in [6, 6.07) is 13.9. The van der Waals surface area contributed by atoms with E-state index < -0.39 is 0 Å². The van der Waals surface area contributed by atoms with Crippen LogP contribution in [-0.2, 0) is 0 Å². The first-order valence-corrected chi connectivity index (χ1v) is 6.08. The molecule has 1 heterocycles. The molecule has 0 radical (unpaired) electrons. The Morgan fingerprint density at radius 3 is 2.61 bits per heavy atom. The van der Waals surface area contributed by atoms with Gasteiger partial charge in [0.25, 0.3) is 0 Å². The standard InChI is InChI=1S/C14H12ClN3/c1-16-10-5-7-11(8-6-10)18-14-4-2-3-13(15)12(14)9-17-18/h2-9,16H,1H3. The maximum Gasteiger partial charge on any atom is 0.0756 e. The highest BCUT2D eigenvalue weighted by molar-refractivity contribution is 6.35. The van der Waals surface area contributed by atoms with Crippen LogP contribution in [0, 0.1) is 0 Å². The molecule has 18 heavy (non-hydrogen) atoms. The second kappa shape index (κ2) is 4.35. The lowest BCUT2D eigenvalue weighted by molar-refractivity contribution is 0.911. The highest BCUT2D eigenvalue weighted by Crippen LogP contribution is 2.25. The summed E-state index contributed by atoms with van der Waals surface area (Å²) in [6.07, 6.45) is 1.80. The Bertz CT molecular complexity index is 686. The minimum absolute atomic E-state index is 0.727. The lowest BCUT2D eigenvalue weighted by atomic mass is 10.2. The summed E-state index contributed by atoms with van der Waals surface area (Å²) in [5, 5.41) is 9.19. The summed E-state index contributed by atoms with van der Waals surface area (Å²) in [5.74, 6) is 0. The van der Waals surface area contributed by atoms with Crippen LogP contribution in [0.15, 0.2) is 48.7 Å². The van der Waals surface area contributed by atoms with Crippen molar-refractivity contribution >= 4 is 28.2 Å². The third kappa shape index (κ3) is 1.73. The highest BCUT2D eigenvalue weighted by Gasteiger charge is 2.06. The molecule has 3 rings (SSSR count). The summed E-state index contributed by atoms with van der Waals surface area (Å²) < 4.78 is 1.89. The Kier molecular flexibility index (Phi) is 2.68. The zero-order chi connectivity index (χ0) is 12.5. The number of hydrogen-bond acceptors (Lipinski definition) is 2.